The molecule has 0 saturated carbocycles. The van der Waals surface area contributed by atoms with Crippen molar-refractivity contribution in [2.45, 2.75) is 33.1 Å². The summed E-state index contributed by atoms with van der Waals surface area (Å²) in [5.74, 6) is 6.44. The van der Waals surface area contributed by atoms with Gasteiger partial charge in [-0.15, -0.1) is 0 Å². The first-order valence-electron chi connectivity index (χ1n) is 9.23. The van der Waals surface area contributed by atoms with E-state index in [-0.39, 0.29) is 0 Å². The van der Waals surface area contributed by atoms with Crippen molar-refractivity contribution in [2.24, 2.45) is 0 Å². The Kier molecular flexibility index (Phi) is 5.77. The van der Waals surface area contributed by atoms with Gasteiger partial charge in [-0.1, -0.05) is 61.6 Å². The molecule has 26 heavy (non-hydrogen) atoms. The number of hydrogen-bond acceptors (Lipinski definition) is 1. The normalized spacial score (nSPS) is 10.2. The maximum absolute atomic E-state index is 5.85. The second kappa shape index (κ2) is 8.41. The first-order valence-corrected chi connectivity index (χ1v) is 9.23. The molecule has 0 aromatic heterocycles. The zero-order chi connectivity index (χ0) is 18.4. The number of nitrogen functional groups attached to an aromatic ring is 1. The highest BCUT2D eigenvalue weighted by Crippen LogP contribution is 2.21. The van der Waals surface area contributed by atoms with Crippen LogP contribution >= 0.6 is 0 Å². The number of anilines is 1. The van der Waals surface area contributed by atoms with Crippen LogP contribution in [-0.2, 0) is 6.42 Å². The molecule has 130 valence electrons. The standard InChI is InChI=1S/C25H25N/c1-3-4-5-20-8-13-23(14-9-20)24-15-10-21(11-16-24)6-7-22-12-17-25(26)19(2)18-22/h8-18H,3-5,26H2,1-2H3. The van der Waals surface area contributed by atoms with Crippen LogP contribution in [0.25, 0.3) is 11.1 Å². The Hall–Kier alpha value is -2.98. The number of hydrogen-bond donors (Lipinski definition) is 1. The fraction of sp³-hybridized carbons (Fsp3) is 0.200. The highest BCUT2D eigenvalue weighted by molar-refractivity contribution is 5.65. The van der Waals surface area contributed by atoms with Gasteiger partial charge in [-0.2, -0.15) is 0 Å². The highest BCUT2D eigenvalue weighted by Gasteiger charge is 1.99. The lowest BCUT2D eigenvalue weighted by atomic mass is 10.0. The minimum absolute atomic E-state index is 0.806. The molecule has 0 atom stereocenters. The van der Waals surface area contributed by atoms with Gasteiger partial charge in [0.05, 0.1) is 0 Å². The van der Waals surface area contributed by atoms with Crippen molar-refractivity contribution in [3.05, 3.63) is 89.0 Å². The van der Waals surface area contributed by atoms with E-state index in [4.69, 9.17) is 5.73 Å². The maximum Gasteiger partial charge on any atom is 0.0344 e. The molecule has 0 bridgehead atoms. The van der Waals surface area contributed by atoms with Gasteiger partial charge in [0.1, 0.15) is 0 Å². The second-order valence-electron chi connectivity index (χ2n) is 6.70. The predicted molar refractivity (Wildman–Crippen MR) is 112 cm³/mol. The summed E-state index contributed by atoms with van der Waals surface area (Å²) in [6, 6.07) is 23.2. The van der Waals surface area contributed by atoms with Crippen molar-refractivity contribution in [2.75, 3.05) is 5.73 Å². The summed E-state index contributed by atoms with van der Waals surface area (Å²) in [4.78, 5) is 0. The number of aryl methyl sites for hydroxylation is 2. The van der Waals surface area contributed by atoms with Crippen LogP contribution in [0, 0.1) is 18.8 Å². The summed E-state index contributed by atoms with van der Waals surface area (Å²) < 4.78 is 0. The Morgan fingerprint density at radius 3 is 1.96 bits per heavy atom. The lowest BCUT2D eigenvalue weighted by molar-refractivity contribution is 0.795. The molecule has 0 fully saturated rings. The number of rotatable bonds is 4. The largest absolute Gasteiger partial charge is 0.399 e. The summed E-state index contributed by atoms with van der Waals surface area (Å²) in [6.07, 6.45) is 3.65. The van der Waals surface area contributed by atoms with Crippen molar-refractivity contribution in [1.29, 1.82) is 0 Å². The smallest absolute Gasteiger partial charge is 0.0344 e. The molecule has 2 N–H and O–H groups in total. The predicted octanol–water partition coefficient (Wildman–Crippen LogP) is 5.99. The van der Waals surface area contributed by atoms with Crippen LogP contribution in [-0.4, -0.2) is 0 Å². The van der Waals surface area contributed by atoms with Gasteiger partial charge in [-0.25, -0.2) is 0 Å². The fourth-order valence-corrected chi connectivity index (χ4v) is 2.89. The fourth-order valence-electron chi connectivity index (χ4n) is 2.89. The molecule has 1 nitrogen and oxygen atoms in total. The van der Waals surface area contributed by atoms with Crippen LogP contribution in [0.3, 0.4) is 0 Å². The minimum Gasteiger partial charge on any atom is -0.399 e. The van der Waals surface area contributed by atoms with E-state index in [1.165, 1.54) is 29.5 Å². The Balaban J connectivity index is 1.72. The zero-order valence-corrected chi connectivity index (χ0v) is 15.5. The molecule has 0 heterocycles. The topological polar surface area (TPSA) is 26.0 Å². The number of unbranched alkanes of at least 4 members (excludes halogenated alkanes) is 1. The van der Waals surface area contributed by atoms with Gasteiger partial charge in [-0.05, 0) is 72.4 Å². The summed E-state index contributed by atoms with van der Waals surface area (Å²) in [5.41, 5.74) is 13.6. The number of benzene rings is 3. The molecule has 0 aliphatic rings. The Morgan fingerprint density at radius 2 is 1.35 bits per heavy atom. The van der Waals surface area contributed by atoms with Gasteiger partial charge in [0.25, 0.3) is 0 Å². The van der Waals surface area contributed by atoms with Crippen LogP contribution in [0.1, 0.15) is 42.0 Å². The van der Waals surface area contributed by atoms with Gasteiger partial charge in [0.2, 0.25) is 0 Å². The van der Waals surface area contributed by atoms with Crippen LogP contribution in [0.15, 0.2) is 66.7 Å². The van der Waals surface area contributed by atoms with Gasteiger partial charge >= 0.3 is 0 Å². The van der Waals surface area contributed by atoms with Crippen LogP contribution in [0.2, 0.25) is 0 Å². The van der Waals surface area contributed by atoms with E-state index in [1.807, 2.05) is 25.1 Å². The monoisotopic (exact) mass is 339 g/mol. The van der Waals surface area contributed by atoms with E-state index < -0.39 is 0 Å². The Bertz CT molecular complexity index is 923. The summed E-state index contributed by atoms with van der Waals surface area (Å²) in [5, 5.41) is 0. The quantitative estimate of drug-likeness (QED) is 0.459. The molecule has 0 aliphatic carbocycles. The van der Waals surface area contributed by atoms with Gasteiger partial charge in [-0.3, -0.25) is 0 Å². The lowest BCUT2D eigenvalue weighted by Crippen LogP contribution is -1.89. The van der Waals surface area contributed by atoms with E-state index in [0.29, 0.717) is 0 Å². The highest BCUT2D eigenvalue weighted by atomic mass is 14.5. The van der Waals surface area contributed by atoms with Crippen molar-refractivity contribution in [3.63, 3.8) is 0 Å². The Labute approximate surface area is 156 Å². The average molecular weight is 339 g/mol. The van der Waals surface area contributed by atoms with Crippen LogP contribution < -0.4 is 5.73 Å². The molecule has 3 aromatic carbocycles. The van der Waals surface area contributed by atoms with Gasteiger partial charge in [0.15, 0.2) is 0 Å². The molecule has 0 saturated heterocycles. The zero-order valence-electron chi connectivity index (χ0n) is 15.5. The van der Waals surface area contributed by atoms with Crippen LogP contribution in [0.4, 0.5) is 5.69 Å². The molecule has 0 aliphatic heterocycles. The third-order valence-corrected chi connectivity index (χ3v) is 4.61. The van der Waals surface area contributed by atoms with Crippen LogP contribution in [0.5, 0.6) is 0 Å². The molecule has 3 rings (SSSR count). The molecule has 1 heteroatoms. The van der Waals surface area contributed by atoms with E-state index in [2.05, 4.69) is 67.3 Å². The third-order valence-electron chi connectivity index (χ3n) is 4.61. The molecule has 0 radical (unpaired) electrons. The van der Waals surface area contributed by atoms with Crippen molar-refractivity contribution >= 4 is 5.69 Å². The molecule has 0 unspecified atom stereocenters. The molecule has 3 aromatic rings. The van der Waals surface area contributed by atoms with E-state index in [1.54, 1.807) is 0 Å². The lowest BCUT2D eigenvalue weighted by Gasteiger charge is -2.04. The van der Waals surface area contributed by atoms with Gasteiger partial charge in [0, 0.05) is 16.8 Å². The number of nitrogens with two attached hydrogens (primary N) is 1. The molecule has 0 amide bonds. The first-order chi connectivity index (χ1) is 12.7. The second-order valence-corrected chi connectivity index (χ2v) is 6.70. The summed E-state index contributed by atoms with van der Waals surface area (Å²) >= 11 is 0. The summed E-state index contributed by atoms with van der Waals surface area (Å²) in [6.45, 7) is 4.23. The average Bonchev–Trinajstić information content (AvgIpc) is 2.68. The van der Waals surface area contributed by atoms with E-state index >= 15 is 0 Å². The SMILES string of the molecule is CCCCc1ccc(-c2ccc(C#Cc3ccc(N)c(C)c3)cc2)cc1. The van der Waals surface area contributed by atoms with Crippen molar-refractivity contribution in [3.8, 4) is 23.0 Å². The molecule has 0 spiro atoms. The minimum atomic E-state index is 0.806. The van der Waals surface area contributed by atoms with E-state index in [9.17, 15) is 0 Å². The van der Waals surface area contributed by atoms with Crippen molar-refractivity contribution < 1.29 is 0 Å². The van der Waals surface area contributed by atoms with Gasteiger partial charge < -0.3 is 5.73 Å². The van der Waals surface area contributed by atoms with E-state index in [0.717, 1.165) is 28.8 Å². The third kappa shape index (κ3) is 4.55. The maximum atomic E-state index is 5.85. The Morgan fingerprint density at radius 1 is 0.769 bits per heavy atom. The van der Waals surface area contributed by atoms with Crippen molar-refractivity contribution in [1.82, 2.24) is 0 Å². The molecular formula is C25H25N. The first kappa shape index (κ1) is 17.8. The molecular weight excluding hydrogens is 314 g/mol. The summed E-state index contributed by atoms with van der Waals surface area (Å²) in [7, 11) is 0.